The summed E-state index contributed by atoms with van der Waals surface area (Å²) in [7, 11) is 0. The first-order valence-electron chi connectivity index (χ1n) is 6.00. The summed E-state index contributed by atoms with van der Waals surface area (Å²) in [4.78, 5) is 15.9. The predicted molar refractivity (Wildman–Crippen MR) is 67.6 cm³/mol. The van der Waals surface area contributed by atoms with E-state index in [4.69, 9.17) is 5.26 Å². The number of nitro groups is 1. The molecule has 0 radical (unpaired) electrons. The molecule has 1 aromatic rings. The molecular formula is C12H14N4O3. The van der Waals surface area contributed by atoms with Crippen molar-refractivity contribution in [3.63, 3.8) is 0 Å². The zero-order valence-corrected chi connectivity index (χ0v) is 10.5. The third-order valence-electron chi connectivity index (χ3n) is 3.40. The zero-order valence-electron chi connectivity index (χ0n) is 10.5. The molecule has 0 aromatic carbocycles. The van der Waals surface area contributed by atoms with Gasteiger partial charge in [-0.25, -0.2) is 4.98 Å². The van der Waals surface area contributed by atoms with E-state index < -0.39 is 11.0 Å². The Hall–Kier alpha value is -2.20. The van der Waals surface area contributed by atoms with Crippen LogP contribution in [-0.2, 0) is 0 Å². The Bertz CT molecular complexity index is 540. The topological polar surface area (TPSA) is 103 Å². The quantitative estimate of drug-likeness (QED) is 0.631. The average molecular weight is 262 g/mol. The minimum Gasteiger partial charge on any atom is -0.391 e. The number of piperidine rings is 1. The highest BCUT2D eigenvalue weighted by atomic mass is 16.6. The van der Waals surface area contributed by atoms with Crippen LogP contribution in [0.3, 0.4) is 0 Å². The Morgan fingerprint density at radius 3 is 3.00 bits per heavy atom. The van der Waals surface area contributed by atoms with E-state index in [0.29, 0.717) is 18.9 Å². The summed E-state index contributed by atoms with van der Waals surface area (Å²) in [6.45, 7) is 3.04. The molecule has 1 fully saturated rings. The number of hydrogen-bond donors (Lipinski definition) is 1. The first kappa shape index (κ1) is 13.2. The molecule has 0 spiro atoms. The van der Waals surface area contributed by atoms with Gasteiger partial charge in [0.05, 0.1) is 11.0 Å². The minimum absolute atomic E-state index is 0.163. The Morgan fingerprint density at radius 2 is 2.42 bits per heavy atom. The van der Waals surface area contributed by atoms with Crippen LogP contribution >= 0.6 is 0 Å². The van der Waals surface area contributed by atoms with Crippen molar-refractivity contribution >= 4 is 11.5 Å². The number of nitriles is 1. The lowest BCUT2D eigenvalue weighted by Crippen LogP contribution is -2.43. The van der Waals surface area contributed by atoms with Crippen molar-refractivity contribution in [1.82, 2.24) is 4.98 Å². The van der Waals surface area contributed by atoms with E-state index >= 15 is 0 Å². The number of nitrogens with zero attached hydrogens (tertiary/aromatic N) is 4. The summed E-state index contributed by atoms with van der Waals surface area (Å²) in [5, 5.41) is 29.6. The van der Waals surface area contributed by atoms with Crippen LogP contribution in [0.15, 0.2) is 12.3 Å². The fourth-order valence-electron chi connectivity index (χ4n) is 2.12. The maximum absolute atomic E-state index is 10.7. The Morgan fingerprint density at radius 1 is 1.68 bits per heavy atom. The van der Waals surface area contributed by atoms with Crippen LogP contribution in [0.4, 0.5) is 11.5 Å². The molecule has 1 N–H and O–H groups in total. The SMILES string of the molecule is CC1CCN(c2ncc([N+](=O)[O-])cc2C#N)CC1O. The summed E-state index contributed by atoms with van der Waals surface area (Å²) in [5.74, 6) is 0.610. The molecule has 1 aliphatic heterocycles. The van der Waals surface area contributed by atoms with Gasteiger partial charge in [0.1, 0.15) is 23.6 Å². The van der Waals surface area contributed by atoms with Crippen LogP contribution in [-0.4, -0.2) is 34.2 Å². The fourth-order valence-corrected chi connectivity index (χ4v) is 2.12. The molecule has 0 aliphatic carbocycles. The van der Waals surface area contributed by atoms with Gasteiger partial charge in [0.25, 0.3) is 5.69 Å². The van der Waals surface area contributed by atoms with Crippen molar-refractivity contribution < 1.29 is 10.0 Å². The van der Waals surface area contributed by atoms with Gasteiger partial charge < -0.3 is 10.0 Å². The summed E-state index contributed by atoms with van der Waals surface area (Å²) in [5.41, 5.74) is -0.0396. The van der Waals surface area contributed by atoms with Gasteiger partial charge in [-0.1, -0.05) is 6.92 Å². The standard InChI is InChI=1S/C12H14N4O3/c1-8-2-3-15(7-11(8)17)12-9(5-13)4-10(6-14-12)16(18)19/h4,6,8,11,17H,2-3,7H2,1H3. The van der Waals surface area contributed by atoms with Crippen LogP contribution in [0, 0.1) is 27.4 Å². The average Bonchev–Trinajstić information content (AvgIpc) is 2.41. The minimum atomic E-state index is -0.579. The second-order valence-electron chi connectivity index (χ2n) is 4.71. The van der Waals surface area contributed by atoms with E-state index in [1.807, 2.05) is 13.0 Å². The van der Waals surface area contributed by atoms with Gasteiger partial charge >= 0.3 is 0 Å². The molecular weight excluding hydrogens is 248 g/mol. The van der Waals surface area contributed by atoms with Crippen molar-refractivity contribution in [3.8, 4) is 6.07 Å². The van der Waals surface area contributed by atoms with Crippen molar-refractivity contribution in [3.05, 3.63) is 27.9 Å². The summed E-state index contributed by atoms with van der Waals surface area (Å²) in [6.07, 6.45) is 1.46. The van der Waals surface area contributed by atoms with Gasteiger partial charge in [-0.05, 0) is 12.3 Å². The monoisotopic (exact) mass is 262 g/mol. The van der Waals surface area contributed by atoms with Gasteiger partial charge in [-0.3, -0.25) is 10.1 Å². The van der Waals surface area contributed by atoms with Gasteiger partial charge in [0.15, 0.2) is 0 Å². The zero-order chi connectivity index (χ0) is 14.0. The van der Waals surface area contributed by atoms with E-state index in [-0.39, 0.29) is 17.2 Å². The molecule has 19 heavy (non-hydrogen) atoms. The number of hydrogen-bond acceptors (Lipinski definition) is 6. The summed E-state index contributed by atoms with van der Waals surface area (Å²) < 4.78 is 0. The second-order valence-corrected chi connectivity index (χ2v) is 4.71. The van der Waals surface area contributed by atoms with Crippen LogP contribution in [0.1, 0.15) is 18.9 Å². The molecule has 100 valence electrons. The lowest BCUT2D eigenvalue weighted by atomic mass is 9.96. The first-order chi connectivity index (χ1) is 9.02. The van der Waals surface area contributed by atoms with Gasteiger partial charge in [-0.15, -0.1) is 0 Å². The Kier molecular flexibility index (Phi) is 3.62. The van der Waals surface area contributed by atoms with Crippen molar-refractivity contribution in [1.29, 1.82) is 5.26 Å². The molecule has 1 aliphatic rings. The highest BCUT2D eigenvalue weighted by Crippen LogP contribution is 2.26. The highest BCUT2D eigenvalue weighted by Gasteiger charge is 2.27. The maximum Gasteiger partial charge on any atom is 0.289 e. The summed E-state index contributed by atoms with van der Waals surface area (Å²) in [6, 6.07) is 3.14. The predicted octanol–water partition coefficient (Wildman–Crippen LogP) is 1.07. The maximum atomic E-state index is 10.7. The van der Waals surface area contributed by atoms with Crippen molar-refractivity contribution in [2.45, 2.75) is 19.4 Å². The third-order valence-corrected chi connectivity index (χ3v) is 3.40. The molecule has 1 aromatic heterocycles. The van der Waals surface area contributed by atoms with Crippen molar-refractivity contribution in [2.24, 2.45) is 5.92 Å². The number of pyridine rings is 1. The van der Waals surface area contributed by atoms with Gasteiger partial charge in [0, 0.05) is 19.2 Å². The second kappa shape index (κ2) is 5.20. The molecule has 7 heteroatoms. The molecule has 0 saturated carbocycles. The number of β-amino-alcohol motifs (C(OH)–C–C–N with tert-alkyl or cyclic N) is 1. The molecule has 2 unspecified atom stereocenters. The van der Waals surface area contributed by atoms with Crippen LogP contribution in [0.5, 0.6) is 0 Å². The molecule has 0 bridgehead atoms. The van der Waals surface area contributed by atoms with E-state index in [1.54, 1.807) is 4.90 Å². The Balaban J connectivity index is 2.30. The number of aliphatic hydroxyl groups excluding tert-OH is 1. The number of aliphatic hydroxyl groups is 1. The molecule has 2 rings (SSSR count). The van der Waals surface area contributed by atoms with Gasteiger partial charge in [0.2, 0.25) is 0 Å². The van der Waals surface area contributed by atoms with Crippen LogP contribution < -0.4 is 4.90 Å². The first-order valence-corrected chi connectivity index (χ1v) is 6.00. The third kappa shape index (κ3) is 2.63. The number of anilines is 1. The van der Waals surface area contributed by atoms with E-state index in [1.165, 1.54) is 6.07 Å². The van der Waals surface area contributed by atoms with Gasteiger partial charge in [-0.2, -0.15) is 5.26 Å². The smallest absolute Gasteiger partial charge is 0.289 e. The largest absolute Gasteiger partial charge is 0.391 e. The summed E-state index contributed by atoms with van der Waals surface area (Å²) >= 11 is 0. The van der Waals surface area contributed by atoms with E-state index in [9.17, 15) is 15.2 Å². The van der Waals surface area contributed by atoms with E-state index in [0.717, 1.165) is 12.6 Å². The van der Waals surface area contributed by atoms with Crippen LogP contribution in [0.2, 0.25) is 0 Å². The van der Waals surface area contributed by atoms with Crippen molar-refractivity contribution in [2.75, 3.05) is 18.0 Å². The highest BCUT2D eigenvalue weighted by molar-refractivity contribution is 5.57. The van der Waals surface area contributed by atoms with E-state index in [2.05, 4.69) is 4.98 Å². The van der Waals surface area contributed by atoms with Crippen LogP contribution in [0.25, 0.3) is 0 Å². The molecule has 7 nitrogen and oxygen atoms in total. The lowest BCUT2D eigenvalue weighted by Gasteiger charge is -2.35. The molecule has 2 atom stereocenters. The fraction of sp³-hybridized carbons (Fsp3) is 0.500. The normalized spacial score (nSPS) is 22.9. The lowest BCUT2D eigenvalue weighted by molar-refractivity contribution is -0.385. The molecule has 0 amide bonds. The molecule has 1 saturated heterocycles. The number of aromatic nitrogens is 1. The Labute approximate surface area is 110 Å². The molecule has 2 heterocycles. The number of rotatable bonds is 2.